The number of halogens is 2. The smallest absolute Gasteiger partial charge is 0.295 e. The van der Waals surface area contributed by atoms with Gasteiger partial charge in [-0.05, 0) is 12.5 Å². The summed E-state index contributed by atoms with van der Waals surface area (Å²) in [6, 6.07) is 2.03. The van der Waals surface area contributed by atoms with Crippen molar-refractivity contribution in [1.29, 1.82) is 0 Å². The highest BCUT2D eigenvalue weighted by molar-refractivity contribution is 6.31. The number of aliphatic hydroxyl groups is 1. The number of nitro groups is 1. The summed E-state index contributed by atoms with van der Waals surface area (Å²) in [5, 5.41) is 20.6. The van der Waals surface area contributed by atoms with Crippen molar-refractivity contribution in [2.45, 2.75) is 18.9 Å². The summed E-state index contributed by atoms with van der Waals surface area (Å²) in [6.07, 6.45) is 0.562. The van der Waals surface area contributed by atoms with Gasteiger partial charge in [-0.2, -0.15) is 0 Å². The summed E-state index contributed by atoms with van der Waals surface area (Å²) in [6.45, 7) is 2.40. The third kappa shape index (κ3) is 2.13. The Kier molecular flexibility index (Phi) is 3.16. The van der Waals surface area contributed by atoms with Gasteiger partial charge in [-0.3, -0.25) is 10.1 Å². The second-order valence-corrected chi connectivity index (χ2v) is 4.85. The molecule has 1 aromatic carbocycles. The second kappa shape index (κ2) is 4.37. The zero-order valence-electron chi connectivity index (χ0n) is 9.69. The van der Waals surface area contributed by atoms with Gasteiger partial charge < -0.3 is 10.0 Å². The van der Waals surface area contributed by atoms with E-state index in [0.717, 1.165) is 6.07 Å². The van der Waals surface area contributed by atoms with Crippen molar-refractivity contribution in [1.82, 2.24) is 0 Å². The maximum atomic E-state index is 13.2. The minimum atomic E-state index is -0.825. The van der Waals surface area contributed by atoms with E-state index in [2.05, 4.69) is 0 Å². The Hall–Kier alpha value is -1.40. The predicted octanol–water partition coefficient (Wildman–Crippen LogP) is 2.35. The van der Waals surface area contributed by atoms with Crippen LogP contribution in [0.1, 0.15) is 13.3 Å². The number of benzene rings is 1. The number of anilines is 1. The fraction of sp³-hybridized carbons (Fsp3) is 0.455. The van der Waals surface area contributed by atoms with Gasteiger partial charge in [-0.25, -0.2) is 4.39 Å². The van der Waals surface area contributed by atoms with Crippen molar-refractivity contribution >= 4 is 23.0 Å². The predicted molar refractivity (Wildman–Crippen MR) is 65.5 cm³/mol. The first-order valence-corrected chi connectivity index (χ1v) is 5.85. The van der Waals surface area contributed by atoms with Crippen molar-refractivity contribution < 1.29 is 14.4 Å². The Morgan fingerprint density at radius 1 is 1.61 bits per heavy atom. The van der Waals surface area contributed by atoms with Crippen LogP contribution in [0.2, 0.25) is 5.02 Å². The lowest BCUT2D eigenvalue weighted by atomic mass is 9.90. The van der Waals surface area contributed by atoms with Gasteiger partial charge >= 0.3 is 0 Å². The Labute approximate surface area is 108 Å². The van der Waals surface area contributed by atoms with Gasteiger partial charge in [0.2, 0.25) is 0 Å². The minimum absolute atomic E-state index is 0.164. The van der Waals surface area contributed by atoms with Crippen LogP contribution in [0.25, 0.3) is 0 Å². The zero-order chi connectivity index (χ0) is 13.5. The Bertz CT molecular complexity index is 503. The highest BCUT2D eigenvalue weighted by Crippen LogP contribution is 2.38. The molecule has 18 heavy (non-hydrogen) atoms. The van der Waals surface area contributed by atoms with Gasteiger partial charge in [0.25, 0.3) is 5.69 Å². The normalized spacial score (nSPS) is 17.4. The van der Waals surface area contributed by atoms with Crippen molar-refractivity contribution in [2.75, 3.05) is 18.0 Å². The number of β-amino-alcohol motifs (C(OH)–C–C–N with tert-alkyl or cyclic N) is 1. The summed E-state index contributed by atoms with van der Waals surface area (Å²) in [5.41, 5.74) is -0.922. The van der Waals surface area contributed by atoms with Crippen LogP contribution in [0.3, 0.4) is 0 Å². The molecule has 2 rings (SSSR count). The van der Waals surface area contributed by atoms with Crippen molar-refractivity contribution in [3.05, 3.63) is 33.1 Å². The monoisotopic (exact) mass is 274 g/mol. The van der Waals surface area contributed by atoms with Crippen molar-refractivity contribution in [3.63, 3.8) is 0 Å². The summed E-state index contributed by atoms with van der Waals surface area (Å²) >= 11 is 5.63. The molecule has 0 bridgehead atoms. The first kappa shape index (κ1) is 13.0. The van der Waals surface area contributed by atoms with Gasteiger partial charge in [0.1, 0.15) is 11.5 Å². The fourth-order valence-electron chi connectivity index (χ4n) is 1.98. The molecule has 1 saturated heterocycles. The molecule has 5 nitrogen and oxygen atoms in total. The van der Waals surface area contributed by atoms with E-state index >= 15 is 0 Å². The Morgan fingerprint density at radius 2 is 2.22 bits per heavy atom. The van der Waals surface area contributed by atoms with Gasteiger partial charge in [-0.15, -0.1) is 0 Å². The number of rotatable bonds is 3. The first-order chi connectivity index (χ1) is 8.36. The largest absolute Gasteiger partial charge is 0.386 e. The summed E-state index contributed by atoms with van der Waals surface area (Å²) in [7, 11) is 0. The lowest BCUT2D eigenvalue weighted by Crippen LogP contribution is -2.61. The number of nitro benzene ring substituents is 1. The number of hydrogen-bond donors (Lipinski definition) is 1. The van der Waals surface area contributed by atoms with E-state index in [1.165, 1.54) is 6.07 Å². The van der Waals surface area contributed by atoms with Crippen LogP contribution < -0.4 is 4.90 Å². The van der Waals surface area contributed by atoms with Crippen LogP contribution in [0.4, 0.5) is 15.8 Å². The molecular formula is C11H12ClFN2O3. The molecule has 1 aliphatic rings. The van der Waals surface area contributed by atoms with Gasteiger partial charge in [0.05, 0.1) is 21.6 Å². The summed E-state index contributed by atoms with van der Waals surface area (Å²) in [4.78, 5) is 11.8. The second-order valence-electron chi connectivity index (χ2n) is 4.45. The highest BCUT2D eigenvalue weighted by atomic mass is 35.5. The van der Waals surface area contributed by atoms with Crippen molar-refractivity contribution in [3.8, 4) is 0 Å². The van der Waals surface area contributed by atoms with Crippen LogP contribution in [-0.4, -0.2) is 28.7 Å². The standard InChI is InChI=1S/C11H12ClFN2O3/c1-2-11(16)5-14(6-11)9-3-7(12)8(13)4-10(9)15(17)18/h3-4,16H,2,5-6H2,1H3. The van der Waals surface area contributed by atoms with Crippen LogP contribution in [0.5, 0.6) is 0 Å². The van der Waals surface area contributed by atoms with Crippen LogP contribution in [0.15, 0.2) is 12.1 Å². The maximum Gasteiger partial charge on any atom is 0.295 e. The maximum absolute atomic E-state index is 13.2. The molecule has 0 aliphatic carbocycles. The molecule has 98 valence electrons. The zero-order valence-corrected chi connectivity index (χ0v) is 10.4. The molecule has 0 radical (unpaired) electrons. The molecule has 0 saturated carbocycles. The molecule has 0 spiro atoms. The van der Waals surface area contributed by atoms with Crippen LogP contribution >= 0.6 is 11.6 Å². The summed E-state index contributed by atoms with van der Waals surface area (Å²) in [5.74, 6) is -0.821. The third-order valence-electron chi connectivity index (χ3n) is 3.18. The Balaban J connectivity index is 2.34. The average molecular weight is 275 g/mol. The van der Waals surface area contributed by atoms with Gasteiger partial charge in [0.15, 0.2) is 0 Å². The minimum Gasteiger partial charge on any atom is -0.386 e. The molecule has 1 fully saturated rings. The molecule has 7 heteroatoms. The van der Waals surface area contributed by atoms with E-state index in [1.807, 2.05) is 6.92 Å². The van der Waals surface area contributed by atoms with E-state index < -0.39 is 16.3 Å². The topological polar surface area (TPSA) is 66.6 Å². The number of hydrogen-bond acceptors (Lipinski definition) is 4. The molecule has 1 aliphatic heterocycles. The number of nitrogens with zero attached hydrogens (tertiary/aromatic N) is 2. The van der Waals surface area contributed by atoms with Crippen LogP contribution in [0, 0.1) is 15.9 Å². The van der Waals surface area contributed by atoms with E-state index in [9.17, 15) is 19.6 Å². The van der Waals surface area contributed by atoms with E-state index in [4.69, 9.17) is 11.6 Å². The van der Waals surface area contributed by atoms with E-state index in [0.29, 0.717) is 6.42 Å². The highest BCUT2D eigenvalue weighted by Gasteiger charge is 2.42. The average Bonchev–Trinajstić information content (AvgIpc) is 2.28. The SMILES string of the molecule is CCC1(O)CN(c2cc(Cl)c(F)cc2[N+](=O)[O-])C1. The molecule has 1 aromatic rings. The molecule has 1 N–H and O–H groups in total. The molecule has 0 aromatic heterocycles. The third-order valence-corrected chi connectivity index (χ3v) is 3.47. The quantitative estimate of drug-likeness (QED) is 0.679. The molecule has 0 unspecified atom stereocenters. The molecule has 1 heterocycles. The van der Waals surface area contributed by atoms with Gasteiger partial charge in [0, 0.05) is 13.1 Å². The molecule has 0 atom stereocenters. The molecule has 0 amide bonds. The van der Waals surface area contributed by atoms with E-state index in [-0.39, 0.29) is 29.5 Å². The lowest BCUT2D eigenvalue weighted by Gasteiger charge is -2.47. The van der Waals surface area contributed by atoms with Crippen molar-refractivity contribution in [2.24, 2.45) is 0 Å². The fourth-order valence-corrected chi connectivity index (χ4v) is 2.14. The van der Waals surface area contributed by atoms with Crippen LogP contribution in [-0.2, 0) is 0 Å². The lowest BCUT2D eigenvalue weighted by molar-refractivity contribution is -0.384. The summed E-state index contributed by atoms with van der Waals surface area (Å²) < 4.78 is 13.2. The van der Waals surface area contributed by atoms with E-state index in [1.54, 1.807) is 4.90 Å². The molecular weight excluding hydrogens is 263 g/mol. The first-order valence-electron chi connectivity index (χ1n) is 5.47. The Morgan fingerprint density at radius 3 is 2.72 bits per heavy atom. The van der Waals surface area contributed by atoms with Gasteiger partial charge in [-0.1, -0.05) is 18.5 Å².